The second kappa shape index (κ2) is 5.19. The SMILES string of the molecule is O=C(c1cc(F)c(Cl)nc1Cl)N1CCCCC1. The molecule has 17 heavy (non-hydrogen) atoms. The summed E-state index contributed by atoms with van der Waals surface area (Å²) in [7, 11) is 0. The zero-order valence-electron chi connectivity index (χ0n) is 9.05. The van der Waals surface area contributed by atoms with Gasteiger partial charge in [0.15, 0.2) is 11.0 Å². The zero-order valence-corrected chi connectivity index (χ0v) is 10.6. The summed E-state index contributed by atoms with van der Waals surface area (Å²) in [6.07, 6.45) is 3.05. The van der Waals surface area contributed by atoms with E-state index < -0.39 is 5.82 Å². The Bertz CT molecular complexity index is 447. The Balaban J connectivity index is 2.26. The minimum absolute atomic E-state index is 0.0491. The number of rotatable bonds is 1. The average Bonchev–Trinajstić information content (AvgIpc) is 2.34. The van der Waals surface area contributed by atoms with Crippen molar-refractivity contribution in [2.75, 3.05) is 13.1 Å². The largest absolute Gasteiger partial charge is 0.339 e. The molecule has 0 N–H and O–H groups in total. The smallest absolute Gasteiger partial charge is 0.257 e. The summed E-state index contributed by atoms with van der Waals surface area (Å²) in [5.74, 6) is -1.01. The topological polar surface area (TPSA) is 33.2 Å². The van der Waals surface area contributed by atoms with Crippen molar-refractivity contribution >= 4 is 29.1 Å². The number of hydrogen-bond donors (Lipinski definition) is 0. The molecule has 1 aromatic rings. The van der Waals surface area contributed by atoms with E-state index in [2.05, 4.69) is 4.98 Å². The molecule has 1 saturated heterocycles. The third-order valence-corrected chi connectivity index (χ3v) is 3.31. The number of halogens is 3. The molecule has 1 aliphatic heterocycles. The van der Waals surface area contributed by atoms with E-state index in [4.69, 9.17) is 23.2 Å². The number of carbonyl (C=O) groups is 1. The number of nitrogens with zero attached hydrogens (tertiary/aromatic N) is 2. The lowest BCUT2D eigenvalue weighted by molar-refractivity contribution is 0.0723. The molecule has 0 atom stereocenters. The van der Waals surface area contributed by atoms with Crippen molar-refractivity contribution in [1.82, 2.24) is 9.88 Å². The number of carbonyl (C=O) groups excluding carboxylic acids is 1. The van der Waals surface area contributed by atoms with Gasteiger partial charge < -0.3 is 4.90 Å². The van der Waals surface area contributed by atoms with Crippen LogP contribution in [0.2, 0.25) is 10.3 Å². The highest BCUT2D eigenvalue weighted by molar-refractivity contribution is 6.34. The molecule has 0 bridgehead atoms. The molecule has 1 fully saturated rings. The first kappa shape index (κ1) is 12.6. The maximum atomic E-state index is 13.3. The van der Waals surface area contributed by atoms with E-state index in [1.54, 1.807) is 4.90 Å². The third-order valence-electron chi connectivity index (χ3n) is 2.76. The first-order chi connectivity index (χ1) is 8.09. The molecular formula is C11H11Cl2FN2O. The van der Waals surface area contributed by atoms with Crippen molar-refractivity contribution in [3.8, 4) is 0 Å². The summed E-state index contributed by atoms with van der Waals surface area (Å²) < 4.78 is 13.3. The highest BCUT2D eigenvalue weighted by Crippen LogP contribution is 2.22. The summed E-state index contributed by atoms with van der Waals surface area (Å²) in [5, 5.41) is -0.364. The Morgan fingerprint density at radius 1 is 1.24 bits per heavy atom. The second-order valence-electron chi connectivity index (χ2n) is 3.95. The van der Waals surface area contributed by atoms with Crippen LogP contribution in [-0.2, 0) is 0 Å². The van der Waals surface area contributed by atoms with E-state index in [1.165, 1.54) is 0 Å². The lowest BCUT2D eigenvalue weighted by Crippen LogP contribution is -2.35. The standard InChI is InChI=1S/C11H11Cl2FN2O/c12-9-7(6-8(14)10(13)15-9)11(17)16-4-2-1-3-5-16/h6H,1-5H2. The van der Waals surface area contributed by atoms with Crippen LogP contribution in [-0.4, -0.2) is 28.9 Å². The first-order valence-electron chi connectivity index (χ1n) is 5.40. The van der Waals surface area contributed by atoms with Crippen molar-refractivity contribution in [3.05, 3.63) is 27.8 Å². The Kier molecular flexibility index (Phi) is 3.84. The molecule has 2 rings (SSSR count). The maximum absolute atomic E-state index is 13.3. The monoisotopic (exact) mass is 276 g/mol. The van der Waals surface area contributed by atoms with E-state index >= 15 is 0 Å². The van der Waals surface area contributed by atoms with Crippen LogP contribution in [0, 0.1) is 5.82 Å². The Morgan fingerprint density at radius 2 is 1.88 bits per heavy atom. The van der Waals surface area contributed by atoms with Crippen LogP contribution in [0.25, 0.3) is 0 Å². The van der Waals surface area contributed by atoms with Crippen LogP contribution in [0.4, 0.5) is 4.39 Å². The van der Waals surface area contributed by atoms with Crippen LogP contribution >= 0.6 is 23.2 Å². The van der Waals surface area contributed by atoms with Gasteiger partial charge in [0.05, 0.1) is 5.56 Å². The molecule has 0 saturated carbocycles. The van der Waals surface area contributed by atoms with Crippen molar-refractivity contribution in [2.24, 2.45) is 0 Å². The fraction of sp³-hybridized carbons (Fsp3) is 0.455. The molecule has 0 radical (unpaired) electrons. The average molecular weight is 277 g/mol. The lowest BCUT2D eigenvalue weighted by Gasteiger charge is -2.26. The molecule has 1 aliphatic rings. The maximum Gasteiger partial charge on any atom is 0.257 e. The number of amides is 1. The van der Waals surface area contributed by atoms with Gasteiger partial charge in [-0.25, -0.2) is 9.37 Å². The van der Waals surface area contributed by atoms with Crippen LogP contribution < -0.4 is 0 Å². The van der Waals surface area contributed by atoms with E-state index in [0.717, 1.165) is 25.3 Å². The summed E-state index contributed by atoms with van der Waals surface area (Å²) in [5.41, 5.74) is 0.0791. The molecule has 0 aliphatic carbocycles. The number of pyridine rings is 1. The van der Waals surface area contributed by atoms with Crippen molar-refractivity contribution < 1.29 is 9.18 Å². The van der Waals surface area contributed by atoms with E-state index in [0.29, 0.717) is 13.1 Å². The van der Waals surface area contributed by atoms with E-state index in [1.807, 2.05) is 0 Å². The van der Waals surface area contributed by atoms with Crippen LogP contribution in [0.1, 0.15) is 29.6 Å². The molecule has 1 amide bonds. The quantitative estimate of drug-likeness (QED) is 0.739. The third kappa shape index (κ3) is 2.69. The number of likely N-dealkylation sites (tertiary alicyclic amines) is 1. The molecule has 6 heteroatoms. The van der Waals surface area contributed by atoms with Gasteiger partial charge >= 0.3 is 0 Å². The highest BCUT2D eigenvalue weighted by Gasteiger charge is 2.22. The molecule has 0 unspecified atom stereocenters. The fourth-order valence-corrected chi connectivity index (χ4v) is 2.27. The van der Waals surface area contributed by atoms with E-state index in [9.17, 15) is 9.18 Å². The Morgan fingerprint density at radius 3 is 2.53 bits per heavy atom. The molecule has 0 aromatic carbocycles. The number of piperidine rings is 1. The molecule has 2 heterocycles. The van der Waals surface area contributed by atoms with Gasteiger partial charge in [-0.15, -0.1) is 0 Å². The summed E-state index contributed by atoms with van der Waals surface area (Å²) >= 11 is 11.3. The molecule has 3 nitrogen and oxygen atoms in total. The van der Waals surface area contributed by atoms with Gasteiger partial charge in [-0.1, -0.05) is 23.2 Å². The van der Waals surface area contributed by atoms with Crippen LogP contribution in [0.15, 0.2) is 6.07 Å². The second-order valence-corrected chi connectivity index (χ2v) is 4.67. The summed E-state index contributed by atoms with van der Waals surface area (Å²) in [6, 6.07) is 1.05. The molecule has 1 aromatic heterocycles. The normalized spacial score (nSPS) is 16.1. The Labute approximate surface area is 109 Å². The van der Waals surface area contributed by atoms with Gasteiger partial charge in [-0.3, -0.25) is 4.79 Å². The van der Waals surface area contributed by atoms with Gasteiger partial charge in [-0.2, -0.15) is 0 Å². The predicted molar refractivity (Wildman–Crippen MR) is 64.0 cm³/mol. The van der Waals surface area contributed by atoms with Gasteiger partial charge in [0.2, 0.25) is 0 Å². The number of aromatic nitrogens is 1. The molecular weight excluding hydrogens is 266 g/mol. The predicted octanol–water partition coefficient (Wildman–Crippen LogP) is 3.15. The zero-order chi connectivity index (χ0) is 12.4. The van der Waals surface area contributed by atoms with Gasteiger partial charge in [0.25, 0.3) is 5.91 Å². The minimum atomic E-state index is -0.726. The highest BCUT2D eigenvalue weighted by atomic mass is 35.5. The fourth-order valence-electron chi connectivity index (χ4n) is 1.86. The minimum Gasteiger partial charge on any atom is -0.339 e. The van der Waals surface area contributed by atoms with Crippen LogP contribution in [0.5, 0.6) is 0 Å². The van der Waals surface area contributed by atoms with E-state index in [-0.39, 0.29) is 21.8 Å². The first-order valence-corrected chi connectivity index (χ1v) is 6.16. The van der Waals surface area contributed by atoms with Crippen LogP contribution in [0.3, 0.4) is 0 Å². The molecule has 92 valence electrons. The Hall–Kier alpha value is -0.870. The van der Waals surface area contributed by atoms with Gasteiger partial charge in [-0.05, 0) is 25.3 Å². The van der Waals surface area contributed by atoms with Gasteiger partial charge in [0, 0.05) is 13.1 Å². The summed E-state index contributed by atoms with van der Waals surface area (Å²) in [4.78, 5) is 17.3. The van der Waals surface area contributed by atoms with Crippen molar-refractivity contribution in [3.63, 3.8) is 0 Å². The summed E-state index contributed by atoms with van der Waals surface area (Å²) in [6.45, 7) is 1.36. The number of hydrogen-bond acceptors (Lipinski definition) is 2. The van der Waals surface area contributed by atoms with Crippen molar-refractivity contribution in [2.45, 2.75) is 19.3 Å². The lowest BCUT2D eigenvalue weighted by atomic mass is 10.1. The van der Waals surface area contributed by atoms with Gasteiger partial charge in [0.1, 0.15) is 5.15 Å². The molecule has 0 spiro atoms. The van der Waals surface area contributed by atoms with Crippen molar-refractivity contribution in [1.29, 1.82) is 0 Å².